The number of rotatable bonds is 7. The highest BCUT2D eigenvalue weighted by atomic mass is 35.5. The normalized spacial score (nSPS) is 14.9. The van der Waals surface area contributed by atoms with Crippen LogP contribution >= 0.6 is 11.6 Å². The number of halogens is 1. The molecular formula is C9H18ClNO3. The fraction of sp³-hybridized carbons (Fsp3) is 0.889. The summed E-state index contributed by atoms with van der Waals surface area (Å²) in [6, 6.07) is 0. The minimum absolute atomic E-state index is 0.148. The first kappa shape index (κ1) is 13.7. The van der Waals surface area contributed by atoms with Crippen molar-refractivity contribution in [1.82, 2.24) is 0 Å². The molecule has 0 aliphatic rings. The van der Waals surface area contributed by atoms with Gasteiger partial charge >= 0.3 is 5.97 Å². The molecule has 0 aliphatic heterocycles. The van der Waals surface area contributed by atoms with Gasteiger partial charge in [0.2, 0.25) is 0 Å². The van der Waals surface area contributed by atoms with E-state index in [2.05, 4.69) is 0 Å². The minimum Gasteiger partial charge on any atom is -0.465 e. The summed E-state index contributed by atoms with van der Waals surface area (Å²) in [6.07, 6.45) is 0.480. The van der Waals surface area contributed by atoms with E-state index in [4.69, 9.17) is 26.8 Å². The lowest BCUT2D eigenvalue weighted by molar-refractivity contribution is -0.152. The molecule has 0 radical (unpaired) electrons. The van der Waals surface area contributed by atoms with Gasteiger partial charge in [0, 0.05) is 5.88 Å². The molecular weight excluding hydrogens is 206 g/mol. The topological polar surface area (TPSA) is 61.5 Å². The molecule has 0 aromatic rings. The second-order valence-corrected chi connectivity index (χ2v) is 3.35. The van der Waals surface area contributed by atoms with Crippen LogP contribution in [-0.4, -0.2) is 37.2 Å². The van der Waals surface area contributed by atoms with Gasteiger partial charge in [-0.1, -0.05) is 6.92 Å². The van der Waals surface area contributed by atoms with Crippen LogP contribution in [0.1, 0.15) is 20.3 Å². The first-order valence-electron chi connectivity index (χ1n) is 4.70. The fourth-order valence-electron chi connectivity index (χ4n) is 0.889. The van der Waals surface area contributed by atoms with E-state index < -0.39 is 11.5 Å². The van der Waals surface area contributed by atoms with Crippen molar-refractivity contribution in [2.45, 2.75) is 25.8 Å². The van der Waals surface area contributed by atoms with Crippen LogP contribution in [0.15, 0.2) is 0 Å². The molecule has 0 saturated carbocycles. The van der Waals surface area contributed by atoms with E-state index in [1.165, 1.54) is 0 Å². The van der Waals surface area contributed by atoms with E-state index in [0.717, 1.165) is 0 Å². The van der Waals surface area contributed by atoms with Gasteiger partial charge in [0.1, 0.15) is 5.54 Å². The lowest BCUT2D eigenvalue weighted by atomic mass is 9.99. The maximum absolute atomic E-state index is 11.4. The summed E-state index contributed by atoms with van der Waals surface area (Å²) < 4.78 is 10.0. The molecule has 2 N–H and O–H groups in total. The van der Waals surface area contributed by atoms with E-state index in [1.807, 2.05) is 6.92 Å². The molecule has 4 nitrogen and oxygen atoms in total. The highest BCUT2D eigenvalue weighted by Gasteiger charge is 2.33. The predicted molar refractivity (Wildman–Crippen MR) is 55.4 cm³/mol. The van der Waals surface area contributed by atoms with Crippen LogP contribution in [0.25, 0.3) is 0 Å². The number of nitrogens with two attached hydrogens (primary N) is 1. The molecule has 5 heteroatoms. The third-order valence-electron chi connectivity index (χ3n) is 1.89. The SMILES string of the molecule is CCOC(=O)C(N)(CC)COCCCl. The van der Waals surface area contributed by atoms with Gasteiger partial charge in [-0.15, -0.1) is 11.6 Å². The summed E-state index contributed by atoms with van der Waals surface area (Å²) in [5.41, 5.74) is 4.79. The predicted octanol–water partition coefficient (Wildman–Crippen LogP) is 0.912. The molecule has 84 valence electrons. The standard InChI is InChI=1S/C9H18ClNO3/c1-3-9(11,7-13-6-5-10)8(12)14-4-2/h3-7,11H2,1-2H3. The highest BCUT2D eigenvalue weighted by Crippen LogP contribution is 2.09. The molecule has 0 aromatic heterocycles. The molecule has 0 fully saturated rings. The van der Waals surface area contributed by atoms with Crippen molar-refractivity contribution < 1.29 is 14.3 Å². The summed E-state index contributed by atoms with van der Waals surface area (Å²) in [7, 11) is 0. The fourth-order valence-corrected chi connectivity index (χ4v) is 0.998. The third-order valence-corrected chi connectivity index (χ3v) is 2.05. The van der Waals surface area contributed by atoms with Crippen molar-refractivity contribution in [2.24, 2.45) is 5.73 Å². The monoisotopic (exact) mass is 223 g/mol. The van der Waals surface area contributed by atoms with E-state index in [-0.39, 0.29) is 6.61 Å². The largest absolute Gasteiger partial charge is 0.465 e. The first-order chi connectivity index (χ1) is 6.60. The first-order valence-corrected chi connectivity index (χ1v) is 5.24. The molecule has 0 bridgehead atoms. The summed E-state index contributed by atoms with van der Waals surface area (Å²) >= 11 is 5.43. The van der Waals surface area contributed by atoms with E-state index in [0.29, 0.717) is 25.5 Å². The Kier molecular flexibility index (Phi) is 6.87. The average molecular weight is 224 g/mol. The number of carbonyl (C=O) groups is 1. The van der Waals surface area contributed by atoms with Crippen LogP contribution in [0.2, 0.25) is 0 Å². The summed E-state index contributed by atoms with van der Waals surface area (Å²) in [5, 5.41) is 0. The van der Waals surface area contributed by atoms with Crippen molar-refractivity contribution in [1.29, 1.82) is 0 Å². The van der Waals surface area contributed by atoms with E-state index in [9.17, 15) is 4.79 Å². The van der Waals surface area contributed by atoms with Crippen molar-refractivity contribution in [2.75, 3.05) is 25.7 Å². The van der Waals surface area contributed by atoms with Gasteiger partial charge in [-0.25, -0.2) is 4.79 Å². The Bertz CT molecular complexity index is 177. The Hall–Kier alpha value is -0.320. The second-order valence-electron chi connectivity index (χ2n) is 2.97. The summed E-state index contributed by atoms with van der Waals surface area (Å²) in [5.74, 6) is -0.0279. The van der Waals surface area contributed by atoms with Gasteiger partial charge < -0.3 is 15.2 Å². The Morgan fingerprint density at radius 3 is 2.57 bits per heavy atom. The molecule has 0 aromatic carbocycles. The number of ether oxygens (including phenoxy) is 2. The van der Waals surface area contributed by atoms with Crippen molar-refractivity contribution in [3.8, 4) is 0 Å². The van der Waals surface area contributed by atoms with Crippen molar-refractivity contribution >= 4 is 17.6 Å². The Morgan fingerprint density at radius 2 is 2.14 bits per heavy atom. The van der Waals surface area contributed by atoms with Gasteiger partial charge in [0.25, 0.3) is 0 Å². The lowest BCUT2D eigenvalue weighted by Crippen LogP contribution is -2.52. The quantitative estimate of drug-likeness (QED) is 0.396. The zero-order chi connectivity index (χ0) is 11.0. The molecule has 0 rings (SSSR count). The van der Waals surface area contributed by atoms with Crippen LogP contribution in [0.3, 0.4) is 0 Å². The third kappa shape index (κ3) is 4.26. The van der Waals surface area contributed by atoms with Crippen LogP contribution < -0.4 is 5.73 Å². The zero-order valence-electron chi connectivity index (χ0n) is 8.72. The number of hydrogen-bond donors (Lipinski definition) is 1. The Morgan fingerprint density at radius 1 is 1.50 bits per heavy atom. The van der Waals surface area contributed by atoms with Crippen molar-refractivity contribution in [3.05, 3.63) is 0 Å². The lowest BCUT2D eigenvalue weighted by Gasteiger charge is -2.25. The van der Waals surface area contributed by atoms with Gasteiger partial charge in [-0.2, -0.15) is 0 Å². The highest BCUT2D eigenvalue weighted by molar-refractivity contribution is 6.17. The Balaban J connectivity index is 4.09. The maximum atomic E-state index is 11.4. The molecule has 14 heavy (non-hydrogen) atoms. The number of hydrogen-bond acceptors (Lipinski definition) is 4. The molecule has 0 heterocycles. The molecule has 1 unspecified atom stereocenters. The van der Waals surface area contributed by atoms with Gasteiger partial charge in [-0.05, 0) is 13.3 Å². The average Bonchev–Trinajstić information content (AvgIpc) is 2.18. The van der Waals surface area contributed by atoms with Crippen LogP contribution in [0, 0.1) is 0 Å². The second kappa shape index (κ2) is 7.04. The molecule has 0 saturated heterocycles. The van der Waals surface area contributed by atoms with Crippen LogP contribution in [-0.2, 0) is 14.3 Å². The van der Waals surface area contributed by atoms with Gasteiger partial charge in [-0.3, -0.25) is 0 Å². The summed E-state index contributed by atoms with van der Waals surface area (Å²) in [4.78, 5) is 11.4. The molecule has 1 atom stereocenters. The van der Waals surface area contributed by atoms with Crippen molar-refractivity contribution in [3.63, 3.8) is 0 Å². The van der Waals surface area contributed by atoms with Gasteiger partial charge in [0.15, 0.2) is 0 Å². The summed E-state index contributed by atoms with van der Waals surface area (Å²) in [6.45, 7) is 4.43. The van der Waals surface area contributed by atoms with E-state index >= 15 is 0 Å². The number of carbonyl (C=O) groups excluding carboxylic acids is 1. The Labute approximate surface area is 89.7 Å². The smallest absolute Gasteiger partial charge is 0.328 e. The van der Waals surface area contributed by atoms with Crippen LogP contribution in [0.4, 0.5) is 0 Å². The van der Waals surface area contributed by atoms with Gasteiger partial charge in [0.05, 0.1) is 19.8 Å². The van der Waals surface area contributed by atoms with Crippen LogP contribution in [0.5, 0.6) is 0 Å². The molecule has 0 amide bonds. The zero-order valence-corrected chi connectivity index (χ0v) is 9.47. The molecule has 0 aliphatic carbocycles. The minimum atomic E-state index is -1.04. The molecule has 0 spiro atoms. The maximum Gasteiger partial charge on any atom is 0.328 e. The number of esters is 1. The number of alkyl halides is 1. The van der Waals surface area contributed by atoms with E-state index in [1.54, 1.807) is 6.92 Å².